The van der Waals surface area contributed by atoms with E-state index < -0.39 is 0 Å². The fourth-order valence-corrected chi connectivity index (χ4v) is 3.10. The predicted molar refractivity (Wildman–Crippen MR) is 77.5 cm³/mol. The number of hydrogen-bond acceptors (Lipinski definition) is 3. The molecule has 2 aromatic rings. The van der Waals surface area contributed by atoms with E-state index in [9.17, 15) is 0 Å². The molecule has 0 amide bonds. The third-order valence-electron chi connectivity index (χ3n) is 3.93. The highest BCUT2D eigenvalue weighted by molar-refractivity contribution is 7.28. The molecule has 2 heterocycles. The molecular formula is C14H17BO2S. The van der Waals surface area contributed by atoms with Crippen LogP contribution >= 0.6 is 11.3 Å². The van der Waals surface area contributed by atoms with Crippen molar-refractivity contribution >= 4 is 33.3 Å². The number of thiophene rings is 1. The highest BCUT2D eigenvalue weighted by atomic mass is 32.1. The molecule has 1 fully saturated rings. The van der Waals surface area contributed by atoms with E-state index in [0.717, 1.165) is 4.78 Å². The molecular weight excluding hydrogens is 243 g/mol. The van der Waals surface area contributed by atoms with Crippen LogP contribution in [0.25, 0.3) is 10.1 Å². The average molecular weight is 260 g/mol. The van der Waals surface area contributed by atoms with Gasteiger partial charge in [0, 0.05) is 9.48 Å². The zero-order valence-electron chi connectivity index (χ0n) is 11.2. The minimum atomic E-state index is -0.270. The number of rotatable bonds is 1. The summed E-state index contributed by atoms with van der Waals surface area (Å²) in [6, 6.07) is 10.5. The van der Waals surface area contributed by atoms with E-state index in [4.69, 9.17) is 9.31 Å². The van der Waals surface area contributed by atoms with Crippen LogP contribution in [0.2, 0.25) is 0 Å². The Morgan fingerprint density at radius 3 is 2.22 bits per heavy atom. The van der Waals surface area contributed by atoms with Crippen LogP contribution in [-0.4, -0.2) is 18.3 Å². The smallest absolute Gasteiger partial charge is 0.399 e. The molecule has 0 N–H and O–H groups in total. The van der Waals surface area contributed by atoms with Gasteiger partial charge in [-0.15, -0.1) is 11.3 Å². The molecule has 0 bridgehead atoms. The molecule has 0 unspecified atom stereocenters. The minimum Gasteiger partial charge on any atom is -0.399 e. The van der Waals surface area contributed by atoms with E-state index in [2.05, 4.69) is 58.0 Å². The molecule has 18 heavy (non-hydrogen) atoms. The summed E-state index contributed by atoms with van der Waals surface area (Å²) in [5.41, 5.74) is -0.540. The van der Waals surface area contributed by atoms with Gasteiger partial charge in [0.2, 0.25) is 0 Å². The van der Waals surface area contributed by atoms with Gasteiger partial charge in [-0.05, 0) is 45.2 Å². The predicted octanol–water partition coefficient (Wildman–Crippen LogP) is 3.20. The molecule has 1 aromatic heterocycles. The maximum Gasteiger partial charge on any atom is 0.505 e. The number of benzene rings is 1. The normalized spacial score (nSPS) is 21.7. The Labute approximate surface area is 112 Å². The minimum absolute atomic E-state index is 0.243. The SMILES string of the molecule is CC1(C)OB(c2cc3ccccc3s2)OC1(C)C. The van der Waals surface area contributed by atoms with Crippen LogP contribution in [0.5, 0.6) is 0 Å². The second kappa shape index (κ2) is 3.83. The van der Waals surface area contributed by atoms with E-state index in [0.29, 0.717) is 0 Å². The average Bonchev–Trinajstić information content (AvgIpc) is 2.78. The highest BCUT2D eigenvalue weighted by Gasteiger charge is 2.52. The Morgan fingerprint density at radius 2 is 1.61 bits per heavy atom. The van der Waals surface area contributed by atoms with Crippen LogP contribution < -0.4 is 4.78 Å². The van der Waals surface area contributed by atoms with Gasteiger partial charge in [-0.2, -0.15) is 0 Å². The standard InChI is InChI=1S/C14H17BO2S/c1-13(2)14(3,4)17-15(16-13)12-9-10-7-5-6-8-11(10)18-12/h5-9H,1-4H3. The summed E-state index contributed by atoms with van der Waals surface area (Å²) in [4.78, 5) is 0. The monoisotopic (exact) mass is 260 g/mol. The van der Waals surface area contributed by atoms with E-state index in [1.165, 1.54) is 10.1 Å². The first kappa shape index (κ1) is 12.2. The first-order valence-electron chi connectivity index (χ1n) is 6.23. The van der Waals surface area contributed by atoms with Gasteiger partial charge in [0.05, 0.1) is 11.2 Å². The largest absolute Gasteiger partial charge is 0.505 e. The van der Waals surface area contributed by atoms with Crippen LogP contribution in [0, 0.1) is 0 Å². The van der Waals surface area contributed by atoms with E-state index >= 15 is 0 Å². The molecule has 0 aliphatic carbocycles. The topological polar surface area (TPSA) is 18.5 Å². The lowest BCUT2D eigenvalue weighted by Gasteiger charge is -2.32. The lowest BCUT2D eigenvalue weighted by atomic mass is 9.87. The molecule has 0 radical (unpaired) electrons. The lowest BCUT2D eigenvalue weighted by Crippen LogP contribution is -2.41. The summed E-state index contributed by atoms with van der Waals surface area (Å²) >= 11 is 1.75. The van der Waals surface area contributed by atoms with E-state index in [-0.39, 0.29) is 18.3 Å². The quantitative estimate of drug-likeness (QED) is 0.733. The Kier molecular flexibility index (Phi) is 2.60. The van der Waals surface area contributed by atoms with Gasteiger partial charge in [0.15, 0.2) is 0 Å². The third-order valence-corrected chi connectivity index (χ3v) is 5.07. The van der Waals surface area contributed by atoms with Crippen molar-refractivity contribution in [2.75, 3.05) is 0 Å². The number of hydrogen-bond donors (Lipinski definition) is 0. The van der Waals surface area contributed by atoms with Crippen molar-refractivity contribution in [1.82, 2.24) is 0 Å². The van der Waals surface area contributed by atoms with Gasteiger partial charge in [0.1, 0.15) is 0 Å². The van der Waals surface area contributed by atoms with Crippen molar-refractivity contribution in [3.05, 3.63) is 30.3 Å². The molecule has 94 valence electrons. The molecule has 2 nitrogen and oxygen atoms in total. The van der Waals surface area contributed by atoms with E-state index in [1.807, 2.05) is 0 Å². The van der Waals surface area contributed by atoms with E-state index in [1.54, 1.807) is 11.3 Å². The maximum atomic E-state index is 6.07. The summed E-state index contributed by atoms with van der Waals surface area (Å²) in [6.07, 6.45) is 0. The third kappa shape index (κ3) is 1.80. The summed E-state index contributed by atoms with van der Waals surface area (Å²) < 4.78 is 14.6. The lowest BCUT2D eigenvalue weighted by molar-refractivity contribution is 0.00578. The molecule has 1 aromatic carbocycles. The fraction of sp³-hybridized carbons (Fsp3) is 0.429. The Bertz CT molecular complexity index is 539. The van der Waals surface area contributed by atoms with Gasteiger partial charge >= 0.3 is 7.12 Å². The summed E-state index contributed by atoms with van der Waals surface area (Å²) in [6.45, 7) is 8.33. The maximum absolute atomic E-state index is 6.07. The van der Waals surface area contributed by atoms with Crippen LogP contribution in [0.1, 0.15) is 27.7 Å². The van der Waals surface area contributed by atoms with Crippen LogP contribution in [0.15, 0.2) is 30.3 Å². The summed E-state index contributed by atoms with van der Waals surface area (Å²) in [5, 5.41) is 1.26. The molecule has 0 saturated carbocycles. The van der Waals surface area contributed by atoms with Gasteiger partial charge < -0.3 is 9.31 Å². The number of fused-ring (bicyclic) bond motifs is 1. The Hall–Kier alpha value is -0.835. The van der Waals surface area contributed by atoms with Crippen LogP contribution in [-0.2, 0) is 9.31 Å². The Balaban J connectivity index is 1.97. The zero-order valence-corrected chi connectivity index (χ0v) is 12.0. The van der Waals surface area contributed by atoms with Crippen molar-refractivity contribution in [3.63, 3.8) is 0 Å². The molecule has 1 saturated heterocycles. The van der Waals surface area contributed by atoms with Gasteiger partial charge in [0.25, 0.3) is 0 Å². The van der Waals surface area contributed by atoms with Crippen LogP contribution in [0.3, 0.4) is 0 Å². The molecule has 4 heteroatoms. The van der Waals surface area contributed by atoms with Crippen LogP contribution in [0.4, 0.5) is 0 Å². The molecule has 1 aliphatic rings. The fourth-order valence-electron chi connectivity index (χ4n) is 2.08. The second-order valence-electron chi connectivity index (χ2n) is 5.77. The van der Waals surface area contributed by atoms with Crippen molar-refractivity contribution < 1.29 is 9.31 Å². The molecule has 1 aliphatic heterocycles. The van der Waals surface area contributed by atoms with Gasteiger partial charge in [-0.25, -0.2) is 0 Å². The van der Waals surface area contributed by atoms with Crippen molar-refractivity contribution in [3.8, 4) is 0 Å². The first-order valence-corrected chi connectivity index (χ1v) is 7.05. The molecule has 3 rings (SSSR count). The Morgan fingerprint density at radius 1 is 1.00 bits per heavy atom. The molecule has 0 spiro atoms. The summed E-state index contributed by atoms with van der Waals surface area (Å²) in [7, 11) is -0.243. The second-order valence-corrected chi connectivity index (χ2v) is 6.89. The summed E-state index contributed by atoms with van der Waals surface area (Å²) in [5.74, 6) is 0. The van der Waals surface area contributed by atoms with Crippen molar-refractivity contribution in [1.29, 1.82) is 0 Å². The molecule has 0 atom stereocenters. The zero-order chi connectivity index (χ0) is 13.0. The van der Waals surface area contributed by atoms with Gasteiger partial charge in [-0.1, -0.05) is 18.2 Å². The first-order chi connectivity index (χ1) is 8.39. The highest BCUT2D eigenvalue weighted by Crippen LogP contribution is 2.37. The van der Waals surface area contributed by atoms with Crippen molar-refractivity contribution in [2.45, 2.75) is 38.9 Å². The van der Waals surface area contributed by atoms with Gasteiger partial charge in [-0.3, -0.25) is 0 Å². The van der Waals surface area contributed by atoms with Crippen molar-refractivity contribution in [2.24, 2.45) is 0 Å².